The second kappa shape index (κ2) is 8.42. The summed E-state index contributed by atoms with van der Waals surface area (Å²) in [6.45, 7) is 0.822. The first-order valence-electron chi connectivity index (χ1n) is 8.81. The van der Waals surface area contributed by atoms with Crippen LogP contribution in [0.25, 0.3) is 10.4 Å². The highest BCUT2D eigenvalue weighted by molar-refractivity contribution is 7.91. The minimum atomic E-state index is -4.43. The van der Waals surface area contributed by atoms with Gasteiger partial charge >= 0.3 is 12.1 Å². The molecule has 2 heterocycles. The normalized spacial score (nSPS) is 16.8. The number of nitrogens with zero attached hydrogens (tertiary/aromatic N) is 1. The van der Waals surface area contributed by atoms with E-state index < -0.39 is 27.7 Å². The Labute approximate surface area is 170 Å². The van der Waals surface area contributed by atoms with Crippen LogP contribution in [-0.2, 0) is 21.0 Å². The van der Waals surface area contributed by atoms with Crippen molar-refractivity contribution in [1.29, 1.82) is 0 Å². The number of carbonyl (C=O) groups is 1. The van der Waals surface area contributed by atoms with Gasteiger partial charge in [0.05, 0.1) is 5.56 Å². The van der Waals surface area contributed by atoms with Gasteiger partial charge in [0.2, 0.25) is 0 Å². The fourth-order valence-corrected chi connectivity index (χ4v) is 5.56. The Balaban J connectivity index is 1.65. The van der Waals surface area contributed by atoms with Gasteiger partial charge < -0.3 is 5.11 Å². The van der Waals surface area contributed by atoms with Crippen LogP contribution in [0.4, 0.5) is 13.2 Å². The monoisotopic (exact) mass is 448 g/mol. The molecule has 3 rings (SSSR count). The number of thiophene rings is 1. The Morgan fingerprint density at radius 3 is 2.31 bits per heavy atom. The van der Waals surface area contributed by atoms with E-state index in [1.165, 1.54) is 18.2 Å². The number of hydrogen-bond acceptors (Lipinski definition) is 5. The van der Waals surface area contributed by atoms with E-state index >= 15 is 0 Å². The summed E-state index contributed by atoms with van der Waals surface area (Å²) in [5.41, 5.74) is -0.266. The molecule has 158 valence electrons. The van der Waals surface area contributed by atoms with Crippen molar-refractivity contribution in [1.82, 2.24) is 9.84 Å². The number of sulfonamides is 1. The van der Waals surface area contributed by atoms with Gasteiger partial charge in [-0.05, 0) is 48.6 Å². The van der Waals surface area contributed by atoms with Crippen molar-refractivity contribution < 1.29 is 31.5 Å². The maximum atomic E-state index is 12.7. The van der Waals surface area contributed by atoms with Crippen LogP contribution in [0.1, 0.15) is 24.8 Å². The molecule has 2 aromatic rings. The standard InChI is InChI=1S/C18H19F3N2O4S2/c19-18(20,21)14-3-1-13(2-4-14)15-5-6-17(28-15)29(26,27)22-23-9-7-12(8-10-23)11-16(24)25/h1-6,12,22H,7-11H2,(H,24,25). The predicted molar refractivity (Wildman–Crippen MR) is 102 cm³/mol. The maximum absolute atomic E-state index is 12.7. The molecule has 0 aliphatic carbocycles. The number of hydrogen-bond donors (Lipinski definition) is 2. The van der Waals surface area contributed by atoms with E-state index in [9.17, 15) is 26.4 Å². The Kier molecular flexibility index (Phi) is 6.32. The fourth-order valence-electron chi connectivity index (χ4n) is 3.13. The van der Waals surface area contributed by atoms with Gasteiger partial charge in [-0.25, -0.2) is 13.4 Å². The molecule has 0 spiro atoms. The molecule has 6 nitrogen and oxygen atoms in total. The smallest absolute Gasteiger partial charge is 0.416 e. The third-order valence-electron chi connectivity index (χ3n) is 4.67. The molecule has 1 aromatic heterocycles. The molecule has 11 heteroatoms. The highest BCUT2D eigenvalue weighted by atomic mass is 32.2. The van der Waals surface area contributed by atoms with E-state index in [2.05, 4.69) is 4.83 Å². The van der Waals surface area contributed by atoms with Crippen LogP contribution in [-0.4, -0.2) is 37.6 Å². The molecule has 29 heavy (non-hydrogen) atoms. The van der Waals surface area contributed by atoms with E-state index in [0.717, 1.165) is 23.5 Å². The lowest BCUT2D eigenvalue weighted by molar-refractivity contribution is -0.139. The first-order valence-corrected chi connectivity index (χ1v) is 11.1. The van der Waals surface area contributed by atoms with Gasteiger partial charge in [0.1, 0.15) is 4.21 Å². The number of carboxylic acids is 1. The number of alkyl halides is 3. The molecular weight excluding hydrogens is 429 g/mol. The summed E-state index contributed by atoms with van der Waals surface area (Å²) in [6.07, 6.45) is -3.20. The van der Waals surface area contributed by atoms with E-state index in [-0.39, 0.29) is 16.5 Å². The molecule has 0 unspecified atom stereocenters. The number of rotatable bonds is 6. The average molecular weight is 448 g/mol. The lowest BCUT2D eigenvalue weighted by Crippen LogP contribution is -2.46. The van der Waals surface area contributed by atoms with Gasteiger partial charge in [-0.1, -0.05) is 12.1 Å². The van der Waals surface area contributed by atoms with E-state index in [1.54, 1.807) is 11.1 Å². The van der Waals surface area contributed by atoms with Gasteiger partial charge in [-0.15, -0.1) is 16.2 Å². The molecule has 1 aliphatic rings. The molecule has 0 bridgehead atoms. The second-order valence-corrected chi connectivity index (χ2v) is 9.79. The SMILES string of the molecule is O=C(O)CC1CCN(NS(=O)(=O)c2ccc(-c3ccc(C(F)(F)F)cc3)s2)CC1. The molecule has 1 aliphatic heterocycles. The molecule has 2 N–H and O–H groups in total. The summed E-state index contributed by atoms with van der Waals surface area (Å²) in [5.74, 6) is -0.834. The van der Waals surface area contributed by atoms with Crippen LogP contribution in [0.3, 0.4) is 0 Å². The first kappa shape index (κ1) is 21.8. The fraction of sp³-hybridized carbons (Fsp3) is 0.389. The molecule has 1 fully saturated rings. The largest absolute Gasteiger partial charge is 0.481 e. The molecule has 1 aromatic carbocycles. The van der Waals surface area contributed by atoms with Crippen molar-refractivity contribution in [2.24, 2.45) is 5.92 Å². The zero-order valence-corrected chi connectivity index (χ0v) is 16.8. The van der Waals surface area contributed by atoms with Gasteiger partial charge in [0.25, 0.3) is 10.0 Å². The number of piperidine rings is 1. The molecular formula is C18H19F3N2O4S2. The van der Waals surface area contributed by atoms with Crippen LogP contribution in [0.5, 0.6) is 0 Å². The Morgan fingerprint density at radius 2 is 1.76 bits per heavy atom. The number of benzene rings is 1. The zero-order valence-electron chi connectivity index (χ0n) is 15.1. The number of carboxylic acid groups (broad SMARTS) is 1. The van der Waals surface area contributed by atoms with Crippen molar-refractivity contribution in [3.05, 3.63) is 42.0 Å². The van der Waals surface area contributed by atoms with Crippen molar-refractivity contribution in [2.45, 2.75) is 29.6 Å². The second-order valence-electron chi connectivity index (χ2n) is 6.82. The zero-order chi connectivity index (χ0) is 21.2. The van der Waals surface area contributed by atoms with E-state index in [4.69, 9.17) is 5.11 Å². The van der Waals surface area contributed by atoms with Crippen molar-refractivity contribution >= 4 is 27.3 Å². The average Bonchev–Trinajstić information content (AvgIpc) is 3.13. The molecule has 1 saturated heterocycles. The van der Waals surface area contributed by atoms with Gasteiger partial charge in [0, 0.05) is 24.4 Å². The topological polar surface area (TPSA) is 86.7 Å². The third-order valence-corrected chi connectivity index (χ3v) is 7.67. The summed E-state index contributed by atoms with van der Waals surface area (Å²) < 4.78 is 63.3. The van der Waals surface area contributed by atoms with Crippen molar-refractivity contribution in [3.8, 4) is 10.4 Å². The third kappa shape index (κ3) is 5.56. The van der Waals surface area contributed by atoms with E-state index in [1.807, 2.05) is 0 Å². The van der Waals surface area contributed by atoms with Crippen LogP contribution in [0, 0.1) is 5.92 Å². The highest BCUT2D eigenvalue weighted by Gasteiger charge is 2.30. The first-order chi connectivity index (χ1) is 13.5. The number of hydrazine groups is 1. The van der Waals surface area contributed by atoms with Gasteiger partial charge in [0.15, 0.2) is 0 Å². The van der Waals surface area contributed by atoms with Gasteiger partial charge in [-0.2, -0.15) is 13.2 Å². The minimum Gasteiger partial charge on any atom is -0.481 e. The maximum Gasteiger partial charge on any atom is 0.416 e. The van der Waals surface area contributed by atoms with Gasteiger partial charge in [-0.3, -0.25) is 4.79 Å². The molecule has 0 saturated carbocycles. The Morgan fingerprint density at radius 1 is 1.14 bits per heavy atom. The predicted octanol–water partition coefficient (Wildman–Crippen LogP) is 3.81. The summed E-state index contributed by atoms with van der Waals surface area (Å²) in [6, 6.07) is 7.51. The van der Waals surface area contributed by atoms with Crippen molar-refractivity contribution in [3.63, 3.8) is 0 Å². The Bertz CT molecular complexity index is 964. The van der Waals surface area contributed by atoms with E-state index in [0.29, 0.717) is 36.4 Å². The van der Waals surface area contributed by atoms with Crippen molar-refractivity contribution in [2.75, 3.05) is 13.1 Å². The summed E-state index contributed by atoms with van der Waals surface area (Å²) in [7, 11) is -3.82. The number of nitrogens with one attached hydrogen (secondary N) is 1. The number of halogens is 3. The summed E-state index contributed by atoms with van der Waals surface area (Å²) in [4.78, 5) is 13.8. The van der Waals surface area contributed by atoms with Crippen LogP contribution >= 0.6 is 11.3 Å². The molecule has 0 atom stereocenters. The lowest BCUT2D eigenvalue weighted by Gasteiger charge is -2.30. The summed E-state index contributed by atoms with van der Waals surface area (Å²) in [5, 5.41) is 10.4. The van der Waals surface area contributed by atoms with Crippen LogP contribution in [0.2, 0.25) is 0 Å². The quantitative estimate of drug-likeness (QED) is 0.702. The molecule has 0 amide bonds. The highest BCUT2D eigenvalue weighted by Crippen LogP contribution is 2.34. The van der Waals surface area contributed by atoms with Crippen LogP contribution in [0.15, 0.2) is 40.6 Å². The number of aliphatic carboxylic acids is 1. The Hall–Kier alpha value is -1.95. The minimum absolute atomic E-state index is 0.0289. The summed E-state index contributed by atoms with van der Waals surface area (Å²) >= 11 is 0.968. The lowest BCUT2D eigenvalue weighted by atomic mass is 9.94. The van der Waals surface area contributed by atoms with Crippen LogP contribution < -0.4 is 4.83 Å². The molecule has 0 radical (unpaired) electrons.